The van der Waals surface area contributed by atoms with Crippen LogP contribution in [-0.4, -0.2) is 16.8 Å². The standard InChI is InChI=1S/C25H25NOS/c1-19(16-17-20-10-4-2-5-11-20)26-24(27)22-14-8-9-15-23(22)25(26)28-18-21-12-6-3-7-13-21/h2-15,19,25H,16-18H2,1H3/t19-,25-/m0/s1. The molecule has 3 aromatic carbocycles. The van der Waals surface area contributed by atoms with E-state index in [0.717, 1.165) is 29.7 Å². The van der Waals surface area contributed by atoms with Crippen LogP contribution in [0.3, 0.4) is 0 Å². The highest BCUT2D eigenvalue weighted by Crippen LogP contribution is 2.44. The Morgan fingerprint density at radius 1 is 0.857 bits per heavy atom. The van der Waals surface area contributed by atoms with E-state index < -0.39 is 0 Å². The summed E-state index contributed by atoms with van der Waals surface area (Å²) < 4.78 is 0. The van der Waals surface area contributed by atoms with Gasteiger partial charge >= 0.3 is 0 Å². The number of carbonyl (C=O) groups is 1. The van der Waals surface area contributed by atoms with Crippen molar-refractivity contribution in [3.63, 3.8) is 0 Å². The number of aryl methyl sites for hydroxylation is 1. The highest BCUT2D eigenvalue weighted by Gasteiger charge is 2.39. The number of amides is 1. The Bertz CT molecular complexity index is 926. The number of thioether (sulfide) groups is 1. The number of carbonyl (C=O) groups excluding carboxylic acids is 1. The van der Waals surface area contributed by atoms with Crippen LogP contribution in [0, 0.1) is 0 Å². The van der Waals surface area contributed by atoms with E-state index in [0.29, 0.717) is 0 Å². The van der Waals surface area contributed by atoms with Gasteiger partial charge in [0.15, 0.2) is 0 Å². The SMILES string of the molecule is C[C@@H](CCc1ccccc1)N1C(=O)c2ccccc2[C@@H]1SCc1ccccc1. The number of hydrogen-bond acceptors (Lipinski definition) is 2. The van der Waals surface area contributed by atoms with Crippen molar-refractivity contribution < 1.29 is 4.79 Å². The molecule has 0 bridgehead atoms. The zero-order valence-corrected chi connectivity index (χ0v) is 16.9. The maximum atomic E-state index is 13.2. The zero-order valence-electron chi connectivity index (χ0n) is 16.1. The summed E-state index contributed by atoms with van der Waals surface area (Å²) in [4.78, 5) is 15.3. The van der Waals surface area contributed by atoms with Crippen molar-refractivity contribution in [3.8, 4) is 0 Å². The minimum absolute atomic E-state index is 0.0784. The van der Waals surface area contributed by atoms with Crippen LogP contribution in [0.5, 0.6) is 0 Å². The molecule has 3 aromatic rings. The fraction of sp³-hybridized carbons (Fsp3) is 0.240. The third-order valence-corrected chi connectivity index (χ3v) is 6.66. The number of fused-ring (bicyclic) bond motifs is 1. The minimum Gasteiger partial charge on any atom is -0.320 e. The molecule has 1 aliphatic heterocycles. The third kappa shape index (κ3) is 4.00. The maximum absolute atomic E-state index is 13.2. The molecule has 0 saturated carbocycles. The van der Waals surface area contributed by atoms with Gasteiger partial charge in [0.1, 0.15) is 5.37 Å². The highest BCUT2D eigenvalue weighted by molar-refractivity contribution is 7.98. The Kier molecular flexibility index (Phi) is 5.82. The zero-order chi connectivity index (χ0) is 19.3. The van der Waals surface area contributed by atoms with Crippen LogP contribution in [0.25, 0.3) is 0 Å². The molecule has 0 aliphatic carbocycles. The molecule has 0 radical (unpaired) electrons. The van der Waals surface area contributed by atoms with Crippen LogP contribution in [0.1, 0.15) is 45.8 Å². The molecule has 2 nitrogen and oxygen atoms in total. The number of nitrogens with zero attached hydrogens (tertiary/aromatic N) is 1. The molecule has 142 valence electrons. The van der Waals surface area contributed by atoms with Gasteiger partial charge in [0, 0.05) is 17.4 Å². The predicted molar refractivity (Wildman–Crippen MR) is 117 cm³/mol. The summed E-state index contributed by atoms with van der Waals surface area (Å²) >= 11 is 1.85. The molecule has 1 amide bonds. The second kappa shape index (κ2) is 8.66. The van der Waals surface area contributed by atoms with Crippen molar-refractivity contribution in [2.24, 2.45) is 0 Å². The van der Waals surface area contributed by atoms with Crippen LogP contribution >= 0.6 is 11.8 Å². The van der Waals surface area contributed by atoms with Gasteiger partial charge in [-0.2, -0.15) is 0 Å². The summed E-state index contributed by atoms with van der Waals surface area (Å²) in [6, 6.07) is 29.3. The summed E-state index contributed by atoms with van der Waals surface area (Å²) in [6.07, 6.45) is 1.95. The summed E-state index contributed by atoms with van der Waals surface area (Å²) in [5, 5.41) is 0.0784. The van der Waals surface area contributed by atoms with Crippen LogP contribution in [-0.2, 0) is 12.2 Å². The first-order valence-electron chi connectivity index (χ1n) is 9.85. The Hall–Kier alpha value is -2.52. The monoisotopic (exact) mass is 387 g/mol. The van der Waals surface area contributed by atoms with Gasteiger partial charge in [-0.05, 0) is 42.5 Å². The van der Waals surface area contributed by atoms with Gasteiger partial charge in [0.25, 0.3) is 5.91 Å². The molecule has 0 N–H and O–H groups in total. The summed E-state index contributed by atoms with van der Waals surface area (Å²) in [5.74, 6) is 1.07. The topological polar surface area (TPSA) is 20.3 Å². The molecule has 1 aliphatic rings. The maximum Gasteiger partial charge on any atom is 0.255 e. The van der Waals surface area contributed by atoms with Gasteiger partial charge in [-0.25, -0.2) is 0 Å². The Labute approximate surface area is 171 Å². The quantitative estimate of drug-likeness (QED) is 0.488. The van der Waals surface area contributed by atoms with Gasteiger partial charge in [-0.3, -0.25) is 4.79 Å². The van der Waals surface area contributed by atoms with E-state index >= 15 is 0 Å². The summed E-state index contributed by atoms with van der Waals surface area (Å²) in [6.45, 7) is 2.18. The first-order chi connectivity index (χ1) is 13.7. The molecule has 0 saturated heterocycles. The molecular weight excluding hydrogens is 362 g/mol. The second-order valence-corrected chi connectivity index (χ2v) is 8.39. The molecule has 1 heterocycles. The molecule has 2 atom stereocenters. The molecule has 0 spiro atoms. The lowest BCUT2D eigenvalue weighted by Gasteiger charge is -2.31. The highest BCUT2D eigenvalue weighted by atomic mass is 32.2. The number of rotatable bonds is 7. The first kappa shape index (κ1) is 18.8. The number of hydrogen-bond donors (Lipinski definition) is 0. The van der Waals surface area contributed by atoms with Crippen LogP contribution < -0.4 is 0 Å². The van der Waals surface area contributed by atoms with Gasteiger partial charge in [0.05, 0.1) is 0 Å². The van der Waals surface area contributed by atoms with E-state index in [1.54, 1.807) is 0 Å². The molecular formula is C25H25NOS. The molecule has 0 unspecified atom stereocenters. The van der Waals surface area contributed by atoms with E-state index in [4.69, 9.17) is 0 Å². The van der Waals surface area contributed by atoms with E-state index in [2.05, 4.69) is 66.4 Å². The molecule has 3 heteroatoms. The largest absolute Gasteiger partial charge is 0.320 e. The van der Waals surface area contributed by atoms with Crippen LogP contribution in [0.15, 0.2) is 84.9 Å². The lowest BCUT2D eigenvalue weighted by atomic mass is 10.1. The number of benzene rings is 3. The second-order valence-electron chi connectivity index (χ2n) is 7.32. The van der Waals surface area contributed by atoms with Gasteiger partial charge in [-0.1, -0.05) is 78.9 Å². The van der Waals surface area contributed by atoms with E-state index in [1.165, 1.54) is 11.1 Å². The average Bonchev–Trinajstić information content (AvgIpc) is 3.04. The normalized spacial score (nSPS) is 16.8. The molecule has 0 aromatic heterocycles. The van der Waals surface area contributed by atoms with Crippen molar-refractivity contribution in [2.45, 2.75) is 36.9 Å². The Balaban J connectivity index is 1.52. The smallest absolute Gasteiger partial charge is 0.255 e. The van der Waals surface area contributed by atoms with Crippen molar-refractivity contribution in [1.29, 1.82) is 0 Å². The minimum atomic E-state index is 0.0784. The van der Waals surface area contributed by atoms with Gasteiger partial charge in [-0.15, -0.1) is 11.8 Å². The summed E-state index contributed by atoms with van der Waals surface area (Å²) in [7, 11) is 0. The van der Waals surface area contributed by atoms with E-state index in [1.807, 2.05) is 42.1 Å². The van der Waals surface area contributed by atoms with Gasteiger partial charge < -0.3 is 4.90 Å². The Morgan fingerprint density at radius 2 is 1.46 bits per heavy atom. The van der Waals surface area contributed by atoms with Crippen molar-refractivity contribution >= 4 is 17.7 Å². The van der Waals surface area contributed by atoms with Gasteiger partial charge in [0.2, 0.25) is 0 Å². The molecule has 28 heavy (non-hydrogen) atoms. The lowest BCUT2D eigenvalue weighted by Crippen LogP contribution is -2.35. The first-order valence-corrected chi connectivity index (χ1v) is 10.9. The molecule has 4 rings (SSSR count). The van der Waals surface area contributed by atoms with Crippen molar-refractivity contribution in [1.82, 2.24) is 4.90 Å². The van der Waals surface area contributed by atoms with Crippen LogP contribution in [0.4, 0.5) is 0 Å². The van der Waals surface area contributed by atoms with Crippen molar-refractivity contribution in [2.75, 3.05) is 0 Å². The lowest BCUT2D eigenvalue weighted by molar-refractivity contribution is 0.0703. The third-order valence-electron chi connectivity index (χ3n) is 5.36. The fourth-order valence-corrected chi connectivity index (χ4v) is 5.20. The predicted octanol–water partition coefficient (Wildman–Crippen LogP) is 6.10. The van der Waals surface area contributed by atoms with E-state index in [9.17, 15) is 4.79 Å². The average molecular weight is 388 g/mol. The molecule has 0 fully saturated rings. The van der Waals surface area contributed by atoms with Crippen molar-refractivity contribution in [3.05, 3.63) is 107 Å². The Morgan fingerprint density at radius 3 is 2.18 bits per heavy atom. The van der Waals surface area contributed by atoms with E-state index in [-0.39, 0.29) is 17.3 Å². The van der Waals surface area contributed by atoms with Crippen LogP contribution in [0.2, 0.25) is 0 Å². The summed E-state index contributed by atoms with van der Waals surface area (Å²) in [5.41, 5.74) is 4.63. The fourth-order valence-electron chi connectivity index (χ4n) is 3.81.